The first-order valence-electron chi connectivity index (χ1n) is 10.2. The first-order chi connectivity index (χ1) is 14.3. The maximum atomic E-state index is 14.3. The molecule has 0 unspecified atom stereocenters. The van der Waals surface area contributed by atoms with Gasteiger partial charge >= 0.3 is 6.09 Å². The van der Waals surface area contributed by atoms with E-state index in [4.69, 9.17) is 21.1 Å². The lowest BCUT2D eigenvalue weighted by Crippen LogP contribution is -2.52. The molecule has 0 spiro atoms. The van der Waals surface area contributed by atoms with E-state index >= 15 is 0 Å². The molecular weight excluding hydrogens is 421 g/mol. The van der Waals surface area contributed by atoms with Crippen molar-refractivity contribution in [2.45, 2.75) is 66.0 Å². The van der Waals surface area contributed by atoms with E-state index in [9.17, 15) is 9.18 Å². The highest BCUT2D eigenvalue weighted by atomic mass is 35.5. The summed E-state index contributed by atoms with van der Waals surface area (Å²) >= 11 is 5.77. The van der Waals surface area contributed by atoms with E-state index in [2.05, 4.69) is 29.1 Å². The molecule has 0 aliphatic rings. The van der Waals surface area contributed by atoms with Gasteiger partial charge in [0, 0.05) is 11.8 Å². The number of carbonyl (C=O) groups excluding carboxylic acids is 1. The van der Waals surface area contributed by atoms with Gasteiger partial charge in [-0.15, -0.1) is 0 Å². The Hall–Kier alpha value is -2.41. The Morgan fingerprint density at radius 1 is 1.23 bits per heavy atom. The van der Waals surface area contributed by atoms with Gasteiger partial charge in [-0.3, -0.25) is 0 Å². The van der Waals surface area contributed by atoms with Gasteiger partial charge in [-0.05, 0) is 65.2 Å². The summed E-state index contributed by atoms with van der Waals surface area (Å²) in [5.74, 6) is 0.255. The summed E-state index contributed by atoms with van der Waals surface area (Å²) in [7, 11) is 0. The third kappa shape index (κ3) is 7.35. The zero-order valence-corrected chi connectivity index (χ0v) is 19.9. The minimum absolute atomic E-state index is 0.199. The molecule has 0 aliphatic carbocycles. The highest BCUT2D eigenvalue weighted by molar-refractivity contribution is 6.29. The van der Waals surface area contributed by atoms with Crippen LogP contribution in [0.25, 0.3) is 11.3 Å². The van der Waals surface area contributed by atoms with Gasteiger partial charge in [0.25, 0.3) is 0 Å². The maximum Gasteiger partial charge on any atom is 0.408 e. The lowest BCUT2D eigenvalue weighted by molar-refractivity contribution is 0.0407. The molecule has 0 saturated carbocycles. The lowest BCUT2D eigenvalue weighted by Gasteiger charge is -2.33. The van der Waals surface area contributed by atoms with Crippen LogP contribution in [0.2, 0.25) is 5.15 Å². The highest BCUT2D eigenvalue weighted by Crippen LogP contribution is 2.28. The molecule has 0 bridgehead atoms. The van der Waals surface area contributed by atoms with Crippen LogP contribution in [0.15, 0.2) is 24.4 Å². The number of amides is 1. The minimum atomic E-state index is -0.646. The van der Waals surface area contributed by atoms with Crippen LogP contribution >= 0.6 is 11.6 Å². The molecule has 0 aliphatic heterocycles. The van der Waals surface area contributed by atoms with Gasteiger partial charge in [0.05, 0.1) is 16.9 Å². The van der Waals surface area contributed by atoms with E-state index in [0.29, 0.717) is 29.5 Å². The summed E-state index contributed by atoms with van der Waals surface area (Å²) in [5, 5.41) is 2.75. The van der Waals surface area contributed by atoms with Crippen molar-refractivity contribution < 1.29 is 18.7 Å². The number of ether oxygens (including phenoxy) is 2. The second-order valence-corrected chi connectivity index (χ2v) is 9.68. The maximum absolute atomic E-state index is 14.3. The zero-order valence-electron chi connectivity index (χ0n) is 19.2. The number of aromatic nitrogens is 2. The third-order valence-electron chi connectivity index (χ3n) is 4.37. The molecule has 2 aromatic rings. The molecule has 1 N–H and O–H groups in total. The monoisotopic (exact) mass is 451 g/mol. The third-order valence-corrected chi connectivity index (χ3v) is 4.63. The van der Waals surface area contributed by atoms with Gasteiger partial charge < -0.3 is 14.8 Å². The molecule has 0 radical (unpaired) electrons. The Balaban J connectivity index is 2.17. The summed E-state index contributed by atoms with van der Waals surface area (Å²) in [6.07, 6.45) is 1.63. The van der Waals surface area contributed by atoms with Crippen molar-refractivity contribution in [2.24, 2.45) is 5.92 Å². The van der Waals surface area contributed by atoms with E-state index in [1.165, 1.54) is 12.3 Å². The van der Waals surface area contributed by atoms with Gasteiger partial charge in [-0.25, -0.2) is 19.2 Å². The molecule has 6 nitrogen and oxygen atoms in total. The van der Waals surface area contributed by atoms with Crippen molar-refractivity contribution in [2.75, 3.05) is 6.61 Å². The summed E-state index contributed by atoms with van der Waals surface area (Å²) < 4.78 is 25.7. The number of hydrogen-bond donors (Lipinski definition) is 1. The molecule has 1 atom stereocenters. The van der Waals surface area contributed by atoms with Crippen molar-refractivity contribution in [3.63, 3.8) is 0 Å². The second kappa shape index (κ2) is 9.81. The molecule has 0 saturated heterocycles. The molecule has 170 valence electrons. The summed E-state index contributed by atoms with van der Waals surface area (Å²) in [5.41, 5.74) is 0.0562. The first-order valence-corrected chi connectivity index (χ1v) is 10.6. The highest BCUT2D eigenvalue weighted by Gasteiger charge is 2.31. The Morgan fingerprint density at radius 2 is 1.90 bits per heavy atom. The largest absolute Gasteiger partial charge is 0.489 e. The average molecular weight is 452 g/mol. The first kappa shape index (κ1) is 24.9. The number of nitrogens with zero attached hydrogens (tertiary/aromatic N) is 2. The lowest BCUT2D eigenvalue weighted by atomic mass is 9.91. The summed E-state index contributed by atoms with van der Waals surface area (Å²) in [6, 6.07) is 4.92. The number of nitrogens with one attached hydrogen (secondary N) is 1. The zero-order chi connectivity index (χ0) is 23.4. The number of aryl methyl sites for hydroxylation is 1. The van der Waals surface area contributed by atoms with E-state index < -0.39 is 23.1 Å². The summed E-state index contributed by atoms with van der Waals surface area (Å²) in [4.78, 5) is 20.5. The van der Waals surface area contributed by atoms with Gasteiger partial charge in [0.1, 0.15) is 18.0 Å². The molecular formula is C23H31ClFN3O3. The van der Waals surface area contributed by atoms with Crippen LogP contribution in [0.4, 0.5) is 9.18 Å². The topological polar surface area (TPSA) is 73.3 Å². The fourth-order valence-corrected chi connectivity index (χ4v) is 3.46. The molecule has 2 aromatic heterocycles. The number of hydrogen-bond acceptors (Lipinski definition) is 5. The fraction of sp³-hybridized carbons (Fsp3) is 0.522. The smallest absolute Gasteiger partial charge is 0.408 e. The number of alkyl carbamates (subject to hydrolysis) is 1. The van der Waals surface area contributed by atoms with Crippen molar-refractivity contribution in [3.05, 3.63) is 41.1 Å². The number of halogens is 2. The van der Waals surface area contributed by atoms with Crippen molar-refractivity contribution in [1.29, 1.82) is 0 Å². The number of rotatable bonds is 7. The molecule has 2 heterocycles. The van der Waals surface area contributed by atoms with Crippen LogP contribution in [0.3, 0.4) is 0 Å². The predicted molar refractivity (Wildman–Crippen MR) is 120 cm³/mol. The van der Waals surface area contributed by atoms with Crippen LogP contribution in [0.5, 0.6) is 5.75 Å². The molecule has 0 fully saturated rings. The quantitative estimate of drug-likeness (QED) is 0.526. The van der Waals surface area contributed by atoms with Gasteiger partial charge in [-0.1, -0.05) is 25.4 Å². The fourth-order valence-electron chi connectivity index (χ4n) is 3.30. The molecule has 2 rings (SSSR count). The van der Waals surface area contributed by atoms with E-state index in [1.54, 1.807) is 19.1 Å². The Bertz CT molecular complexity index is 931. The molecule has 0 aromatic carbocycles. The second-order valence-electron chi connectivity index (χ2n) is 9.32. The van der Waals surface area contributed by atoms with Gasteiger partial charge in [0.15, 0.2) is 11.0 Å². The van der Waals surface area contributed by atoms with Crippen molar-refractivity contribution in [1.82, 2.24) is 15.3 Å². The Morgan fingerprint density at radius 3 is 2.48 bits per heavy atom. The van der Waals surface area contributed by atoms with Crippen LogP contribution in [-0.2, 0) is 4.74 Å². The minimum Gasteiger partial charge on any atom is -0.489 e. The number of pyridine rings is 2. The van der Waals surface area contributed by atoms with E-state index in [0.717, 1.165) is 0 Å². The van der Waals surface area contributed by atoms with Crippen molar-refractivity contribution >= 4 is 17.7 Å². The van der Waals surface area contributed by atoms with E-state index in [-0.39, 0.29) is 17.3 Å². The van der Waals surface area contributed by atoms with Crippen molar-refractivity contribution in [3.8, 4) is 17.0 Å². The van der Waals surface area contributed by atoms with E-state index in [1.807, 2.05) is 27.7 Å². The standard InChI is InChI=1S/C23H31ClFN3O3/c1-14(2)12-23(7,28-21(29)31-22(4,5)6)13-30-18-9-8-17(27-15(18)3)16-10-11-26-20(24)19(16)25/h8-11,14H,12-13H2,1-7H3,(H,28,29)/t23-/m0/s1. The summed E-state index contributed by atoms with van der Waals surface area (Å²) in [6.45, 7) is 13.5. The SMILES string of the molecule is Cc1nc(-c2ccnc(Cl)c2F)ccc1OC[C@](C)(CC(C)C)NC(=O)OC(C)(C)C. The van der Waals surface area contributed by atoms with Gasteiger partial charge in [0.2, 0.25) is 0 Å². The Kier molecular flexibility index (Phi) is 7.87. The normalized spacial score (nSPS) is 13.6. The average Bonchev–Trinajstić information content (AvgIpc) is 2.60. The molecule has 8 heteroatoms. The Labute approximate surface area is 188 Å². The molecule has 1 amide bonds. The molecule has 31 heavy (non-hydrogen) atoms. The van der Waals surface area contributed by atoms with Crippen LogP contribution < -0.4 is 10.1 Å². The number of carbonyl (C=O) groups is 1. The van der Waals surface area contributed by atoms with Gasteiger partial charge in [-0.2, -0.15) is 0 Å². The van der Waals surface area contributed by atoms with Crippen LogP contribution in [0.1, 0.15) is 53.7 Å². The predicted octanol–water partition coefficient (Wildman–Crippen LogP) is 5.95. The van der Waals surface area contributed by atoms with Crippen LogP contribution in [-0.4, -0.2) is 33.8 Å². The van der Waals surface area contributed by atoms with Crippen LogP contribution in [0, 0.1) is 18.7 Å².